The van der Waals surface area contributed by atoms with Crippen LogP contribution in [0.4, 0.5) is 0 Å². The number of nitrogens with zero attached hydrogens (tertiary/aromatic N) is 1. The quantitative estimate of drug-likeness (QED) is 0.727. The molecule has 0 fully saturated rings. The van der Waals surface area contributed by atoms with Crippen molar-refractivity contribution < 1.29 is 9.59 Å². The van der Waals surface area contributed by atoms with E-state index in [1.807, 2.05) is 43.3 Å². The summed E-state index contributed by atoms with van der Waals surface area (Å²) in [5.74, 6) is -0.250. The molecule has 5 nitrogen and oxygen atoms in total. The van der Waals surface area contributed by atoms with Crippen LogP contribution in [-0.2, 0) is 11.2 Å². The number of ketones is 1. The monoisotopic (exact) mass is 295 g/mol. The molecule has 2 N–H and O–H groups in total. The summed E-state index contributed by atoms with van der Waals surface area (Å²) < 4.78 is 1.60. The summed E-state index contributed by atoms with van der Waals surface area (Å²) in [6.45, 7) is 3.40. The van der Waals surface area contributed by atoms with Crippen molar-refractivity contribution in [3.8, 4) is 0 Å². The van der Waals surface area contributed by atoms with Gasteiger partial charge in [0.25, 0.3) is 0 Å². The van der Waals surface area contributed by atoms with Crippen LogP contribution in [-0.4, -0.2) is 21.4 Å². The first-order chi connectivity index (χ1) is 10.6. The molecule has 3 rings (SSSR count). The van der Waals surface area contributed by atoms with E-state index in [9.17, 15) is 9.59 Å². The van der Waals surface area contributed by atoms with Gasteiger partial charge in [-0.3, -0.25) is 15.0 Å². The van der Waals surface area contributed by atoms with Gasteiger partial charge in [-0.05, 0) is 30.7 Å². The number of Topliss-reactive ketones (excluding diaryl/α,β-unsaturated/α-hetero) is 1. The lowest BCUT2D eigenvalue weighted by molar-refractivity contribution is -0.116. The molecule has 1 amide bonds. The third-order valence-corrected chi connectivity index (χ3v) is 3.71. The molecule has 2 heterocycles. The number of hydrogen-bond donors (Lipinski definition) is 2. The van der Waals surface area contributed by atoms with Crippen molar-refractivity contribution in [2.45, 2.75) is 20.3 Å². The summed E-state index contributed by atoms with van der Waals surface area (Å²) in [5, 5.41) is 0.966. The fourth-order valence-corrected chi connectivity index (χ4v) is 2.75. The Bertz CT molecular complexity index is 844. The Morgan fingerprint density at radius 1 is 1.18 bits per heavy atom. The van der Waals surface area contributed by atoms with Crippen molar-refractivity contribution in [1.82, 2.24) is 9.66 Å². The number of fused-ring (bicyclic) bond motifs is 1. The Labute approximate surface area is 127 Å². The van der Waals surface area contributed by atoms with Gasteiger partial charge in [-0.15, -0.1) is 0 Å². The first-order valence-corrected chi connectivity index (χ1v) is 7.11. The second-order valence-electron chi connectivity index (χ2n) is 5.29. The largest absolute Gasteiger partial charge is 0.365 e. The fourth-order valence-electron chi connectivity index (χ4n) is 2.75. The minimum absolute atomic E-state index is 0.0751. The fraction of sp³-hybridized carbons (Fsp3) is 0.176. The van der Waals surface area contributed by atoms with Gasteiger partial charge in [-0.2, -0.15) is 0 Å². The van der Waals surface area contributed by atoms with Crippen molar-refractivity contribution in [3.63, 3.8) is 0 Å². The number of hydrogen-bond acceptors (Lipinski definition) is 2. The van der Waals surface area contributed by atoms with Gasteiger partial charge >= 0.3 is 0 Å². The molecule has 0 saturated carbocycles. The van der Waals surface area contributed by atoms with Crippen LogP contribution < -0.4 is 5.43 Å². The molecule has 0 unspecified atom stereocenters. The van der Waals surface area contributed by atoms with E-state index in [2.05, 4.69) is 10.4 Å². The standard InChI is InChI=1S/C17H17N3O2/c1-11-14-7-3-4-8-15(14)20(17(11)12(2)21)19-16(22)10-13-6-5-9-18-13/h3-9,18H,10H2,1-2H3,(H,19,22). The molecule has 0 aliphatic carbocycles. The predicted molar refractivity (Wildman–Crippen MR) is 85.5 cm³/mol. The van der Waals surface area contributed by atoms with Gasteiger partial charge in [0.2, 0.25) is 5.91 Å². The molecule has 5 heteroatoms. The van der Waals surface area contributed by atoms with Gasteiger partial charge in [0, 0.05) is 24.2 Å². The van der Waals surface area contributed by atoms with Crippen LogP contribution in [0.15, 0.2) is 42.6 Å². The number of aromatic amines is 1. The molecule has 0 aliphatic rings. The number of aromatic nitrogens is 2. The van der Waals surface area contributed by atoms with E-state index in [0.717, 1.165) is 22.2 Å². The van der Waals surface area contributed by atoms with Crippen LogP contribution in [0.2, 0.25) is 0 Å². The number of carbonyl (C=O) groups excluding carboxylic acids is 2. The average molecular weight is 295 g/mol. The average Bonchev–Trinajstić information content (AvgIpc) is 3.07. The van der Waals surface area contributed by atoms with Crippen LogP contribution in [0.25, 0.3) is 10.9 Å². The van der Waals surface area contributed by atoms with E-state index in [4.69, 9.17) is 0 Å². The molecule has 112 valence electrons. The predicted octanol–water partition coefficient (Wildman–Crippen LogP) is 2.79. The molecule has 0 spiro atoms. The van der Waals surface area contributed by atoms with Crippen molar-refractivity contribution in [2.75, 3.05) is 5.43 Å². The van der Waals surface area contributed by atoms with Crippen LogP contribution in [0.5, 0.6) is 0 Å². The Morgan fingerprint density at radius 2 is 1.95 bits per heavy atom. The van der Waals surface area contributed by atoms with Gasteiger partial charge < -0.3 is 4.98 Å². The Hall–Kier alpha value is -2.82. The van der Waals surface area contributed by atoms with Crippen LogP contribution in [0.3, 0.4) is 0 Å². The Balaban J connectivity index is 2.00. The maximum atomic E-state index is 12.2. The van der Waals surface area contributed by atoms with Gasteiger partial charge in [0.1, 0.15) is 5.69 Å². The molecule has 0 saturated heterocycles. The van der Waals surface area contributed by atoms with E-state index in [0.29, 0.717) is 5.69 Å². The molecule has 22 heavy (non-hydrogen) atoms. The van der Waals surface area contributed by atoms with Gasteiger partial charge in [0.15, 0.2) is 5.78 Å². The number of nitrogens with one attached hydrogen (secondary N) is 2. The van der Waals surface area contributed by atoms with Crippen molar-refractivity contribution >= 4 is 22.6 Å². The lowest BCUT2D eigenvalue weighted by Crippen LogP contribution is -2.27. The first-order valence-electron chi connectivity index (χ1n) is 7.11. The van der Waals surface area contributed by atoms with E-state index in [1.54, 1.807) is 10.9 Å². The zero-order valence-electron chi connectivity index (χ0n) is 12.5. The summed E-state index contributed by atoms with van der Waals surface area (Å²) in [5.41, 5.74) is 5.88. The van der Waals surface area contributed by atoms with Gasteiger partial charge in [-0.25, -0.2) is 4.68 Å². The SMILES string of the molecule is CC(=O)c1c(C)c2ccccc2n1NC(=O)Cc1ccc[nH]1. The number of benzene rings is 1. The summed E-state index contributed by atoms with van der Waals surface area (Å²) in [4.78, 5) is 27.2. The highest BCUT2D eigenvalue weighted by Crippen LogP contribution is 2.24. The molecular weight excluding hydrogens is 278 g/mol. The highest BCUT2D eigenvalue weighted by atomic mass is 16.2. The number of rotatable bonds is 4. The molecular formula is C17H17N3O2. The Kier molecular flexibility index (Phi) is 3.55. The zero-order valence-corrected chi connectivity index (χ0v) is 12.5. The second kappa shape index (κ2) is 5.52. The molecule has 1 aromatic carbocycles. The first kappa shape index (κ1) is 14.1. The number of para-hydroxylation sites is 1. The summed E-state index contributed by atoms with van der Waals surface area (Å²) in [6.07, 6.45) is 2.01. The van der Waals surface area contributed by atoms with E-state index >= 15 is 0 Å². The topological polar surface area (TPSA) is 66.9 Å². The summed E-state index contributed by atoms with van der Waals surface area (Å²) >= 11 is 0. The van der Waals surface area contributed by atoms with E-state index in [-0.39, 0.29) is 18.1 Å². The van der Waals surface area contributed by atoms with Crippen LogP contribution in [0.1, 0.15) is 28.7 Å². The van der Waals surface area contributed by atoms with E-state index < -0.39 is 0 Å². The Morgan fingerprint density at radius 3 is 2.64 bits per heavy atom. The van der Waals surface area contributed by atoms with Crippen molar-refractivity contribution in [3.05, 3.63) is 59.5 Å². The summed E-state index contributed by atoms with van der Waals surface area (Å²) in [6, 6.07) is 11.3. The number of H-pyrrole nitrogens is 1. The molecule has 0 aliphatic heterocycles. The number of carbonyl (C=O) groups is 2. The van der Waals surface area contributed by atoms with Crippen LogP contribution in [0, 0.1) is 6.92 Å². The smallest absolute Gasteiger partial charge is 0.244 e. The minimum Gasteiger partial charge on any atom is -0.365 e. The van der Waals surface area contributed by atoms with Gasteiger partial charge in [-0.1, -0.05) is 18.2 Å². The highest BCUT2D eigenvalue weighted by molar-refractivity contribution is 6.03. The molecule has 0 bridgehead atoms. The van der Waals surface area contributed by atoms with Crippen LogP contribution >= 0.6 is 0 Å². The highest BCUT2D eigenvalue weighted by Gasteiger charge is 2.18. The van der Waals surface area contributed by atoms with Crippen molar-refractivity contribution in [1.29, 1.82) is 0 Å². The zero-order chi connectivity index (χ0) is 15.7. The second-order valence-corrected chi connectivity index (χ2v) is 5.29. The minimum atomic E-state index is -0.175. The molecule has 0 radical (unpaired) electrons. The molecule has 2 aromatic heterocycles. The third kappa shape index (κ3) is 2.41. The lowest BCUT2D eigenvalue weighted by atomic mass is 10.1. The number of aryl methyl sites for hydroxylation is 1. The molecule has 3 aromatic rings. The number of amides is 1. The van der Waals surface area contributed by atoms with Crippen molar-refractivity contribution in [2.24, 2.45) is 0 Å². The normalized spacial score (nSPS) is 10.8. The van der Waals surface area contributed by atoms with E-state index in [1.165, 1.54) is 6.92 Å². The maximum Gasteiger partial charge on any atom is 0.244 e. The summed E-state index contributed by atoms with van der Waals surface area (Å²) in [7, 11) is 0. The molecule has 0 atom stereocenters. The van der Waals surface area contributed by atoms with Gasteiger partial charge in [0.05, 0.1) is 11.9 Å². The third-order valence-electron chi connectivity index (χ3n) is 3.71. The lowest BCUT2D eigenvalue weighted by Gasteiger charge is -2.11. The maximum absolute atomic E-state index is 12.2.